The summed E-state index contributed by atoms with van der Waals surface area (Å²) < 4.78 is 5.48. The number of aliphatic carboxylic acids is 1. The molecule has 1 fully saturated rings. The largest absolute Gasteiger partial charge is 0.481 e. The minimum Gasteiger partial charge on any atom is -0.481 e. The number of hydrogen-bond donors (Lipinski definition) is 1. The number of hydrogen-bond acceptors (Lipinski definition) is 3. The molecule has 2 unspecified atom stereocenters. The summed E-state index contributed by atoms with van der Waals surface area (Å²) in [5.41, 5.74) is 1.28. The number of aryl methyl sites for hydroxylation is 1. The van der Waals surface area contributed by atoms with E-state index >= 15 is 0 Å². The molecule has 17 heavy (non-hydrogen) atoms. The predicted octanol–water partition coefficient (Wildman–Crippen LogP) is 2.06. The van der Waals surface area contributed by atoms with Gasteiger partial charge in [-0.15, -0.1) is 0 Å². The summed E-state index contributed by atoms with van der Waals surface area (Å²) in [7, 11) is 0. The average molecular weight is 235 g/mol. The molecule has 1 aromatic rings. The topological polar surface area (TPSA) is 53.7 Å². The quantitative estimate of drug-likeness (QED) is 0.852. The summed E-state index contributed by atoms with van der Waals surface area (Å²) in [6.45, 7) is 1.58. The molecule has 1 aromatic heterocycles. The summed E-state index contributed by atoms with van der Waals surface area (Å²) in [6.07, 6.45) is 5.82. The third-order valence-electron chi connectivity index (χ3n) is 4.03. The highest BCUT2D eigenvalue weighted by atomic mass is 16.4. The van der Waals surface area contributed by atoms with Crippen LogP contribution in [-0.4, -0.2) is 29.1 Å². The van der Waals surface area contributed by atoms with Gasteiger partial charge < -0.3 is 9.52 Å². The fourth-order valence-electron chi connectivity index (χ4n) is 3.11. The molecule has 4 nitrogen and oxygen atoms in total. The van der Waals surface area contributed by atoms with Crippen LogP contribution in [0.1, 0.15) is 36.6 Å². The SMILES string of the molecule is O=C(O)C1CCN(C2CCCc3occc32)C1. The summed E-state index contributed by atoms with van der Waals surface area (Å²) in [6, 6.07) is 2.43. The first-order chi connectivity index (χ1) is 8.25. The Kier molecular flexibility index (Phi) is 2.67. The predicted molar refractivity (Wildman–Crippen MR) is 61.7 cm³/mol. The van der Waals surface area contributed by atoms with E-state index in [9.17, 15) is 4.79 Å². The van der Waals surface area contributed by atoms with E-state index in [0.29, 0.717) is 12.6 Å². The van der Waals surface area contributed by atoms with Gasteiger partial charge in [-0.3, -0.25) is 9.69 Å². The lowest BCUT2D eigenvalue weighted by molar-refractivity contribution is -0.141. The van der Waals surface area contributed by atoms with Crippen molar-refractivity contribution in [3.05, 3.63) is 23.7 Å². The van der Waals surface area contributed by atoms with Gasteiger partial charge in [0.05, 0.1) is 12.2 Å². The van der Waals surface area contributed by atoms with E-state index in [1.54, 1.807) is 6.26 Å². The van der Waals surface area contributed by atoms with Gasteiger partial charge in [-0.2, -0.15) is 0 Å². The number of furan rings is 1. The van der Waals surface area contributed by atoms with Crippen LogP contribution in [0, 0.1) is 5.92 Å². The van der Waals surface area contributed by atoms with Gasteiger partial charge >= 0.3 is 5.97 Å². The zero-order valence-corrected chi connectivity index (χ0v) is 9.76. The lowest BCUT2D eigenvalue weighted by atomic mass is 9.92. The van der Waals surface area contributed by atoms with E-state index in [4.69, 9.17) is 9.52 Å². The standard InChI is InChI=1S/C13H17NO3/c15-13(16)9-4-6-14(8-9)11-2-1-3-12-10(11)5-7-17-12/h5,7,9,11H,1-4,6,8H2,(H,15,16). The molecular formula is C13H17NO3. The number of carboxylic acids is 1. The van der Waals surface area contributed by atoms with Crippen molar-refractivity contribution in [3.63, 3.8) is 0 Å². The second-order valence-corrected chi connectivity index (χ2v) is 5.03. The molecule has 2 heterocycles. The highest BCUT2D eigenvalue weighted by Gasteiger charge is 2.35. The second-order valence-electron chi connectivity index (χ2n) is 5.03. The van der Waals surface area contributed by atoms with Crippen LogP contribution in [0.2, 0.25) is 0 Å². The van der Waals surface area contributed by atoms with E-state index in [2.05, 4.69) is 4.90 Å². The molecule has 92 valence electrons. The molecule has 0 bridgehead atoms. The Bertz CT molecular complexity index is 426. The molecule has 0 radical (unpaired) electrons. The van der Waals surface area contributed by atoms with Crippen molar-refractivity contribution in [2.24, 2.45) is 5.92 Å². The number of carboxylic acid groups (broad SMARTS) is 1. The summed E-state index contributed by atoms with van der Waals surface area (Å²) in [5.74, 6) is 0.253. The lowest BCUT2D eigenvalue weighted by Crippen LogP contribution is -2.30. The second kappa shape index (κ2) is 4.18. The fraction of sp³-hybridized carbons (Fsp3) is 0.615. The summed E-state index contributed by atoms with van der Waals surface area (Å²) in [4.78, 5) is 13.3. The van der Waals surface area contributed by atoms with Crippen molar-refractivity contribution >= 4 is 5.97 Å². The number of rotatable bonds is 2. The van der Waals surface area contributed by atoms with Crippen molar-refractivity contribution in [3.8, 4) is 0 Å². The molecule has 0 saturated carbocycles. The first-order valence-corrected chi connectivity index (χ1v) is 6.29. The third-order valence-corrected chi connectivity index (χ3v) is 4.03. The van der Waals surface area contributed by atoms with Crippen LogP contribution >= 0.6 is 0 Å². The molecule has 1 aliphatic carbocycles. The van der Waals surface area contributed by atoms with E-state index in [1.807, 2.05) is 6.07 Å². The molecule has 0 amide bonds. The van der Waals surface area contributed by atoms with Crippen LogP contribution in [0.25, 0.3) is 0 Å². The van der Waals surface area contributed by atoms with Gasteiger partial charge in [-0.1, -0.05) is 0 Å². The smallest absolute Gasteiger partial charge is 0.307 e. The van der Waals surface area contributed by atoms with Crippen molar-refractivity contribution < 1.29 is 14.3 Å². The van der Waals surface area contributed by atoms with Gasteiger partial charge in [0.25, 0.3) is 0 Å². The minimum absolute atomic E-state index is 0.188. The maximum Gasteiger partial charge on any atom is 0.307 e. The normalized spacial score (nSPS) is 29.2. The monoisotopic (exact) mass is 235 g/mol. The highest BCUT2D eigenvalue weighted by Crippen LogP contribution is 2.37. The number of carbonyl (C=O) groups is 1. The Labute approximate surface area is 100 Å². The maximum atomic E-state index is 11.0. The van der Waals surface area contributed by atoms with Crippen LogP contribution in [0.4, 0.5) is 0 Å². The van der Waals surface area contributed by atoms with Gasteiger partial charge in [0.2, 0.25) is 0 Å². The van der Waals surface area contributed by atoms with E-state index in [-0.39, 0.29) is 5.92 Å². The Hall–Kier alpha value is -1.29. The zero-order valence-electron chi connectivity index (χ0n) is 9.76. The fourth-order valence-corrected chi connectivity index (χ4v) is 3.11. The molecule has 1 saturated heterocycles. The molecule has 0 spiro atoms. The zero-order chi connectivity index (χ0) is 11.8. The third kappa shape index (κ3) is 1.86. The molecule has 2 aliphatic rings. The van der Waals surface area contributed by atoms with Crippen LogP contribution in [0.15, 0.2) is 16.7 Å². The van der Waals surface area contributed by atoms with Crippen molar-refractivity contribution in [1.29, 1.82) is 0 Å². The average Bonchev–Trinajstić information content (AvgIpc) is 2.97. The van der Waals surface area contributed by atoms with Crippen LogP contribution in [-0.2, 0) is 11.2 Å². The maximum absolute atomic E-state index is 11.0. The van der Waals surface area contributed by atoms with Gasteiger partial charge in [-0.05, 0) is 31.9 Å². The minimum atomic E-state index is -0.657. The first kappa shape index (κ1) is 10.8. The summed E-state index contributed by atoms with van der Waals surface area (Å²) in [5, 5.41) is 9.04. The van der Waals surface area contributed by atoms with Crippen LogP contribution in [0.3, 0.4) is 0 Å². The number of likely N-dealkylation sites (tertiary alicyclic amines) is 1. The molecule has 0 aromatic carbocycles. The van der Waals surface area contributed by atoms with Crippen molar-refractivity contribution in [1.82, 2.24) is 4.90 Å². The molecule has 3 rings (SSSR count). The van der Waals surface area contributed by atoms with Crippen molar-refractivity contribution in [2.45, 2.75) is 31.7 Å². The van der Waals surface area contributed by atoms with Gasteiger partial charge in [0, 0.05) is 24.6 Å². The molecule has 4 heteroatoms. The molecule has 1 N–H and O–H groups in total. The van der Waals surface area contributed by atoms with Gasteiger partial charge in [-0.25, -0.2) is 0 Å². The first-order valence-electron chi connectivity index (χ1n) is 6.29. The van der Waals surface area contributed by atoms with E-state index in [1.165, 1.54) is 5.56 Å². The van der Waals surface area contributed by atoms with Gasteiger partial charge in [0.15, 0.2) is 0 Å². The van der Waals surface area contributed by atoms with Gasteiger partial charge in [0.1, 0.15) is 5.76 Å². The Balaban J connectivity index is 1.77. The molecular weight excluding hydrogens is 218 g/mol. The van der Waals surface area contributed by atoms with Crippen molar-refractivity contribution in [2.75, 3.05) is 13.1 Å². The Morgan fingerprint density at radius 2 is 2.35 bits per heavy atom. The lowest BCUT2D eigenvalue weighted by Gasteiger charge is -2.30. The number of fused-ring (bicyclic) bond motifs is 1. The Morgan fingerprint density at radius 1 is 1.47 bits per heavy atom. The molecule has 2 atom stereocenters. The van der Waals surface area contributed by atoms with E-state index < -0.39 is 5.97 Å². The molecule has 1 aliphatic heterocycles. The van der Waals surface area contributed by atoms with E-state index in [0.717, 1.165) is 38.0 Å². The highest BCUT2D eigenvalue weighted by molar-refractivity contribution is 5.70. The number of nitrogens with zero attached hydrogens (tertiary/aromatic N) is 1. The Morgan fingerprint density at radius 3 is 3.12 bits per heavy atom. The van der Waals surface area contributed by atoms with Crippen LogP contribution < -0.4 is 0 Å². The van der Waals surface area contributed by atoms with Crippen LogP contribution in [0.5, 0.6) is 0 Å². The summed E-state index contributed by atoms with van der Waals surface area (Å²) >= 11 is 0.